The number of amides is 2. The Morgan fingerprint density at radius 2 is 1.35 bits per heavy atom. The van der Waals surface area contributed by atoms with Crippen molar-refractivity contribution in [3.63, 3.8) is 0 Å². The summed E-state index contributed by atoms with van der Waals surface area (Å²) in [5.74, 6) is 0. The number of sulfonamides is 1. The number of rotatable bonds is 5. The number of carbonyl (C=O) groups excluding carboxylic acids is 1. The van der Waals surface area contributed by atoms with Crippen LogP contribution in [0.15, 0.2) is 86.9 Å². The molecule has 2 aliphatic rings. The van der Waals surface area contributed by atoms with Crippen molar-refractivity contribution in [3.8, 4) is 0 Å². The number of halogens is 1. The Morgan fingerprint density at radius 3 is 1.90 bits per heavy atom. The number of fused-ring (bicyclic) bond motifs is 2. The molecule has 4 N–H and O–H groups in total. The number of carbonyl (C=O) groups is 2. The van der Waals surface area contributed by atoms with Crippen molar-refractivity contribution in [2.75, 3.05) is 72.6 Å². The largest absolute Gasteiger partial charge is 0.465 e. The second-order valence-electron chi connectivity index (χ2n) is 13.5. The maximum absolute atomic E-state index is 12.8. The van der Waals surface area contributed by atoms with Gasteiger partial charge in [0.05, 0.1) is 34.6 Å². The molecule has 5 aromatic rings. The summed E-state index contributed by atoms with van der Waals surface area (Å²) in [6, 6.07) is 17.1. The van der Waals surface area contributed by atoms with Crippen molar-refractivity contribution in [2.45, 2.75) is 31.3 Å². The highest BCUT2D eigenvalue weighted by Crippen LogP contribution is 2.35. The fraction of sp³-hybridized carbons (Fsp3) is 0.333. The average Bonchev–Trinajstić information content (AvgIpc) is 3.77. The number of furan rings is 2. The molecule has 0 atom stereocenters. The van der Waals surface area contributed by atoms with Crippen molar-refractivity contribution in [3.05, 3.63) is 78.2 Å². The molecule has 0 aliphatic carbocycles. The van der Waals surface area contributed by atoms with E-state index in [9.17, 15) is 18.0 Å². The van der Waals surface area contributed by atoms with E-state index in [0.29, 0.717) is 61.9 Å². The fourth-order valence-electron chi connectivity index (χ4n) is 6.15. The SMILES string of the molecule is CC(C)(C)OC(=O)N1CCN(c2cc(N)cc3ccoc23)CC1.O=C(O)N1CCN(c2cc(NS(=O)(=O)c3ccccc3Cl)cc3ccoc23)CC1. The summed E-state index contributed by atoms with van der Waals surface area (Å²) in [7, 11) is -3.88. The van der Waals surface area contributed by atoms with Gasteiger partial charge in [-0.25, -0.2) is 18.0 Å². The third-order valence-corrected chi connectivity index (χ3v) is 10.5. The Morgan fingerprint density at radius 1 is 0.808 bits per heavy atom. The molecule has 7 rings (SSSR count). The topological polar surface area (TPSA) is 175 Å². The third-order valence-electron chi connectivity index (χ3n) is 8.63. The number of ether oxygens (including phenoxy) is 1. The van der Waals surface area contributed by atoms with Crippen molar-refractivity contribution in [1.82, 2.24) is 9.80 Å². The molecular formula is C36H41ClN6O8S. The van der Waals surface area contributed by atoms with E-state index >= 15 is 0 Å². The van der Waals surface area contributed by atoms with E-state index in [-0.39, 0.29) is 16.0 Å². The molecule has 0 bridgehead atoms. The van der Waals surface area contributed by atoms with Gasteiger partial charge in [0.1, 0.15) is 10.5 Å². The zero-order valence-electron chi connectivity index (χ0n) is 29.0. The van der Waals surface area contributed by atoms with Gasteiger partial charge in [0.25, 0.3) is 10.0 Å². The van der Waals surface area contributed by atoms with E-state index in [4.69, 9.17) is 36.0 Å². The minimum atomic E-state index is -3.88. The van der Waals surface area contributed by atoms with E-state index in [1.807, 2.05) is 43.9 Å². The zero-order chi connectivity index (χ0) is 37.2. The molecule has 4 heterocycles. The van der Waals surface area contributed by atoms with Crippen LogP contribution in [0.4, 0.5) is 32.3 Å². The van der Waals surface area contributed by atoms with Crippen molar-refractivity contribution < 1.29 is 36.7 Å². The second kappa shape index (κ2) is 14.8. The molecule has 0 radical (unpaired) electrons. The summed E-state index contributed by atoms with van der Waals surface area (Å²) >= 11 is 6.05. The first-order valence-corrected chi connectivity index (χ1v) is 18.6. The van der Waals surface area contributed by atoms with Crippen molar-refractivity contribution in [1.29, 1.82) is 0 Å². The van der Waals surface area contributed by atoms with Crippen LogP contribution in [0.3, 0.4) is 0 Å². The van der Waals surface area contributed by atoms with Crippen molar-refractivity contribution in [2.24, 2.45) is 0 Å². The Hall–Kier alpha value is -5.28. The quantitative estimate of drug-likeness (QED) is 0.162. The van der Waals surface area contributed by atoms with Crippen LogP contribution >= 0.6 is 11.6 Å². The minimum absolute atomic E-state index is 0.00872. The fourth-order valence-corrected chi connectivity index (χ4v) is 7.71. The summed E-state index contributed by atoms with van der Waals surface area (Å²) < 4.78 is 44.8. The lowest BCUT2D eigenvalue weighted by Gasteiger charge is -2.36. The summed E-state index contributed by atoms with van der Waals surface area (Å²) in [5.41, 5.74) is 9.74. The molecule has 0 unspecified atom stereocenters. The number of nitrogens with zero attached hydrogens (tertiary/aromatic N) is 4. The lowest BCUT2D eigenvalue weighted by molar-refractivity contribution is 0.0240. The first-order valence-electron chi connectivity index (χ1n) is 16.7. The van der Waals surface area contributed by atoms with E-state index in [0.717, 1.165) is 35.1 Å². The van der Waals surface area contributed by atoms with Gasteiger partial charge in [-0.3, -0.25) is 4.72 Å². The molecule has 2 saturated heterocycles. The van der Waals surface area contributed by atoms with Gasteiger partial charge in [0, 0.05) is 68.8 Å². The molecule has 0 spiro atoms. The normalized spacial score (nSPS) is 15.4. The molecule has 14 nitrogen and oxygen atoms in total. The van der Waals surface area contributed by atoms with Crippen LogP contribution in [0.5, 0.6) is 0 Å². The number of nitrogens with two attached hydrogens (primary N) is 1. The maximum atomic E-state index is 12.8. The Bertz CT molecular complexity index is 2180. The van der Waals surface area contributed by atoms with E-state index in [1.165, 1.54) is 23.3 Å². The number of piperazine rings is 2. The monoisotopic (exact) mass is 752 g/mol. The Labute approximate surface area is 306 Å². The van der Waals surface area contributed by atoms with Crippen LogP contribution in [0.1, 0.15) is 20.8 Å². The predicted molar refractivity (Wildman–Crippen MR) is 201 cm³/mol. The third kappa shape index (κ3) is 8.26. The zero-order valence-corrected chi connectivity index (χ0v) is 30.6. The molecule has 16 heteroatoms. The smallest absolute Gasteiger partial charge is 0.410 e. The number of benzene rings is 3. The van der Waals surface area contributed by atoms with E-state index < -0.39 is 21.7 Å². The van der Waals surface area contributed by atoms with Gasteiger partial charge < -0.3 is 44.0 Å². The number of anilines is 4. The van der Waals surface area contributed by atoms with Gasteiger partial charge in [0.15, 0.2) is 11.2 Å². The molecule has 52 heavy (non-hydrogen) atoms. The highest BCUT2D eigenvalue weighted by atomic mass is 35.5. The van der Waals surface area contributed by atoms with Gasteiger partial charge in [-0.2, -0.15) is 0 Å². The predicted octanol–water partition coefficient (Wildman–Crippen LogP) is 6.76. The van der Waals surface area contributed by atoms with E-state index in [2.05, 4.69) is 9.62 Å². The lowest BCUT2D eigenvalue weighted by atomic mass is 10.1. The number of nitrogens with one attached hydrogen (secondary N) is 1. The summed E-state index contributed by atoms with van der Waals surface area (Å²) in [6.07, 6.45) is 2.00. The minimum Gasteiger partial charge on any atom is -0.465 e. The van der Waals surface area contributed by atoms with Crippen LogP contribution < -0.4 is 20.3 Å². The standard InChI is InChI=1S/C19H18ClN3O5S.C17H23N3O3/c20-15-3-1-2-4-17(15)29(26,27)21-14-11-13-5-10-28-18(13)16(12-14)22-6-8-23(9-7-22)19(24)25;1-17(2,3)23-16(21)20-7-5-19(6-8-20)14-11-13(18)10-12-4-9-22-15(12)14/h1-5,10-12,21H,6-9H2,(H,24,25);4,9-11H,5-8,18H2,1-3H3. The lowest BCUT2D eigenvalue weighted by Crippen LogP contribution is -2.50. The number of hydrogen-bond donors (Lipinski definition) is 3. The summed E-state index contributed by atoms with van der Waals surface area (Å²) in [6.45, 7) is 9.96. The van der Waals surface area contributed by atoms with Gasteiger partial charge in [-0.1, -0.05) is 23.7 Å². The average molecular weight is 753 g/mol. The van der Waals surface area contributed by atoms with Gasteiger partial charge in [-0.15, -0.1) is 0 Å². The van der Waals surface area contributed by atoms with Crippen LogP contribution in [0, 0.1) is 0 Å². The van der Waals surface area contributed by atoms with Crippen LogP contribution in [-0.4, -0.2) is 93.5 Å². The molecule has 2 amide bonds. The molecule has 2 aliphatic heterocycles. The first-order chi connectivity index (χ1) is 24.7. The van der Waals surface area contributed by atoms with Crippen molar-refractivity contribution >= 4 is 78.5 Å². The van der Waals surface area contributed by atoms with Gasteiger partial charge in [0.2, 0.25) is 0 Å². The molecule has 3 aromatic carbocycles. The Balaban J connectivity index is 0.000000183. The highest BCUT2D eigenvalue weighted by Gasteiger charge is 2.28. The second-order valence-corrected chi connectivity index (χ2v) is 15.5. The molecule has 2 fully saturated rings. The van der Waals surface area contributed by atoms with Crippen LogP contribution in [0.25, 0.3) is 21.9 Å². The summed E-state index contributed by atoms with van der Waals surface area (Å²) in [5, 5.41) is 11.0. The molecule has 276 valence electrons. The first kappa shape index (κ1) is 36.5. The van der Waals surface area contributed by atoms with Gasteiger partial charge in [-0.05, 0) is 69.3 Å². The number of hydrogen-bond acceptors (Lipinski definition) is 10. The maximum Gasteiger partial charge on any atom is 0.410 e. The molecular weight excluding hydrogens is 712 g/mol. The highest BCUT2D eigenvalue weighted by molar-refractivity contribution is 7.92. The summed E-state index contributed by atoms with van der Waals surface area (Å²) in [4.78, 5) is 30.5. The van der Waals surface area contributed by atoms with Crippen LogP contribution in [0.2, 0.25) is 5.02 Å². The number of carboxylic acid groups (broad SMARTS) is 1. The van der Waals surface area contributed by atoms with Gasteiger partial charge >= 0.3 is 12.2 Å². The van der Waals surface area contributed by atoms with E-state index in [1.54, 1.807) is 41.5 Å². The van der Waals surface area contributed by atoms with Crippen LogP contribution in [-0.2, 0) is 14.8 Å². The Kier molecular flexibility index (Phi) is 10.4. The molecule has 2 aromatic heterocycles. The molecule has 0 saturated carbocycles. The number of nitrogen functional groups attached to an aromatic ring is 1.